The SMILES string of the molecule is FC1(F)CCNC12CC2. The van der Waals surface area contributed by atoms with E-state index < -0.39 is 11.5 Å². The predicted molar refractivity (Wildman–Crippen MR) is 29.5 cm³/mol. The van der Waals surface area contributed by atoms with Crippen molar-refractivity contribution < 1.29 is 8.78 Å². The fourth-order valence-corrected chi connectivity index (χ4v) is 1.49. The van der Waals surface area contributed by atoms with Gasteiger partial charge in [-0.25, -0.2) is 8.78 Å². The summed E-state index contributed by atoms with van der Waals surface area (Å²) in [5, 5.41) is 2.85. The van der Waals surface area contributed by atoms with Crippen LogP contribution in [0.3, 0.4) is 0 Å². The molecule has 0 amide bonds. The second-order valence-corrected chi connectivity index (χ2v) is 2.96. The Labute approximate surface area is 52.4 Å². The van der Waals surface area contributed by atoms with Gasteiger partial charge in [0.15, 0.2) is 0 Å². The van der Waals surface area contributed by atoms with E-state index in [9.17, 15) is 8.78 Å². The minimum atomic E-state index is -2.41. The van der Waals surface area contributed by atoms with Gasteiger partial charge >= 0.3 is 0 Å². The van der Waals surface area contributed by atoms with Gasteiger partial charge in [-0.05, 0) is 12.8 Å². The highest BCUT2D eigenvalue weighted by Gasteiger charge is 2.64. The van der Waals surface area contributed by atoms with Gasteiger partial charge < -0.3 is 5.32 Å². The largest absolute Gasteiger partial charge is 0.306 e. The Bertz CT molecular complexity index is 136. The third kappa shape index (κ3) is 0.556. The lowest BCUT2D eigenvalue weighted by Gasteiger charge is -2.16. The Morgan fingerprint density at radius 2 is 1.78 bits per heavy atom. The number of alkyl halides is 2. The van der Waals surface area contributed by atoms with E-state index in [1.807, 2.05) is 0 Å². The van der Waals surface area contributed by atoms with E-state index in [0.717, 1.165) is 0 Å². The van der Waals surface area contributed by atoms with Crippen LogP contribution < -0.4 is 5.32 Å². The van der Waals surface area contributed by atoms with Crippen molar-refractivity contribution in [2.75, 3.05) is 6.54 Å². The second kappa shape index (κ2) is 1.29. The third-order valence-corrected chi connectivity index (χ3v) is 2.35. The molecule has 2 fully saturated rings. The van der Waals surface area contributed by atoms with Gasteiger partial charge in [-0.2, -0.15) is 0 Å². The molecule has 0 aromatic rings. The Kier molecular flexibility index (Phi) is 0.799. The number of hydrogen-bond acceptors (Lipinski definition) is 1. The number of rotatable bonds is 0. The lowest BCUT2D eigenvalue weighted by molar-refractivity contribution is -0.0209. The van der Waals surface area contributed by atoms with Gasteiger partial charge in [0.25, 0.3) is 5.92 Å². The molecule has 1 spiro atoms. The van der Waals surface area contributed by atoms with Crippen molar-refractivity contribution in [2.45, 2.75) is 30.7 Å². The topological polar surface area (TPSA) is 12.0 Å². The fraction of sp³-hybridized carbons (Fsp3) is 1.00. The maximum atomic E-state index is 12.7. The lowest BCUT2D eigenvalue weighted by Crippen LogP contribution is -2.37. The molecule has 1 saturated heterocycles. The standard InChI is InChI=1S/C6H9F2N/c7-6(8)3-4-9-5(6)1-2-5/h9H,1-4H2. The zero-order valence-electron chi connectivity index (χ0n) is 5.08. The Morgan fingerprint density at radius 1 is 1.11 bits per heavy atom. The first-order chi connectivity index (χ1) is 4.16. The quantitative estimate of drug-likeness (QED) is 0.522. The summed E-state index contributed by atoms with van der Waals surface area (Å²) >= 11 is 0. The van der Waals surface area contributed by atoms with E-state index in [1.54, 1.807) is 0 Å². The molecule has 1 aliphatic heterocycles. The van der Waals surface area contributed by atoms with Gasteiger partial charge in [-0.1, -0.05) is 0 Å². The average molecular weight is 133 g/mol. The van der Waals surface area contributed by atoms with E-state index in [1.165, 1.54) is 0 Å². The molecule has 3 heteroatoms. The summed E-state index contributed by atoms with van der Waals surface area (Å²) in [5.41, 5.74) is -0.743. The Morgan fingerprint density at radius 3 is 2.00 bits per heavy atom. The first-order valence-corrected chi connectivity index (χ1v) is 3.29. The molecule has 2 rings (SSSR count). The fourth-order valence-electron chi connectivity index (χ4n) is 1.49. The molecule has 1 nitrogen and oxygen atoms in total. The van der Waals surface area contributed by atoms with E-state index in [0.29, 0.717) is 19.4 Å². The minimum absolute atomic E-state index is 0.0347. The monoisotopic (exact) mass is 133 g/mol. The highest BCUT2D eigenvalue weighted by Crippen LogP contribution is 2.52. The van der Waals surface area contributed by atoms with Gasteiger partial charge in [-0.3, -0.25) is 0 Å². The van der Waals surface area contributed by atoms with Crippen LogP contribution in [0.5, 0.6) is 0 Å². The molecule has 0 aromatic carbocycles. The summed E-state index contributed by atoms with van der Waals surface area (Å²) in [6.45, 7) is 0.493. The highest BCUT2D eigenvalue weighted by atomic mass is 19.3. The van der Waals surface area contributed by atoms with Crippen LogP contribution in [0, 0.1) is 0 Å². The van der Waals surface area contributed by atoms with Crippen LogP contribution in [-0.4, -0.2) is 18.0 Å². The molecular weight excluding hydrogens is 124 g/mol. The molecule has 0 bridgehead atoms. The van der Waals surface area contributed by atoms with Gasteiger partial charge in [0.2, 0.25) is 0 Å². The normalized spacial score (nSPS) is 35.3. The van der Waals surface area contributed by atoms with Crippen LogP contribution in [-0.2, 0) is 0 Å². The maximum absolute atomic E-state index is 12.7. The maximum Gasteiger partial charge on any atom is 0.267 e. The van der Waals surface area contributed by atoms with E-state index in [2.05, 4.69) is 5.32 Å². The molecule has 9 heavy (non-hydrogen) atoms. The van der Waals surface area contributed by atoms with Crippen molar-refractivity contribution in [3.05, 3.63) is 0 Å². The van der Waals surface area contributed by atoms with Gasteiger partial charge in [0, 0.05) is 13.0 Å². The summed E-state index contributed by atoms with van der Waals surface area (Å²) < 4.78 is 25.4. The molecule has 0 aromatic heterocycles. The first kappa shape index (κ1) is 5.59. The van der Waals surface area contributed by atoms with E-state index >= 15 is 0 Å². The second-order valence-electron chi connectivity index (χ2n) is 2.96. The molecule has 1 N–H and O–H groups in total. The zero-order valence-corrected chi connectivity index (χ0v) is 5.08. The van der Waals surface area contributed by atoms with E-state index in [4.69, 9.17) is 0 Å². The van der Waals surface area contributed by atoms with Crippen molar-refractivity contribution in [2.24, 2.45) is 0 Å². The summed E-state index contributed by atoms with van der Waals surface area (Å²) in [6, 6.07) is 0. The van der Waals surface area contributed by atoms with Crippen molar-refractivity contribution in [3.8, 4) is 0 Å². The summed E-state index contributed by atoms with van der Waals surface area (Å²) in [7, 11) is 0. The molecule has 2 aliphatic rings. The predicted octanol–water partition coefficient (Wildman–Crippen LogP) is 1.15. The smallest absolute Gasteiger partial charge is 0.267 e. The summed E-state index contributed by atoms with van der Waals surface area (Å²) in [6.07, 6.45) is 1.37. The first-order valence-electron chi connectivity index (χ1n) is 3.29. The molecule has 1 saturated carbocycles. The van der Waals surface area contributed by atoms with E-state index in [-0.39, 0.29) is 6.42 Å². The number of hydrogen-bond donors (Lipinski definition) is 1. The minimum Gasteiger partial charge on any atom is -0.306 e. The lowest BCUT2D eigenvalue weighted by atomic mass is 10.1. The van der Waals surface area contributed by atoms with Crippen molar-refractivity contribution in [1.82, 2.24) is 5.32 Å². The van der Waals surface area contributed by atoms with Gasteiger partial charge in [0.05, 0.1) is 5.54 Å². The molecule has 1 aliphatic carbocycles. The van der Waals surface area contributed by atoms with Crippen LogP contribution >= 0.6 is 0 Å². The van der Waals surface area contributed by atoms with Gasteiger partial charge in [0.1, 0.15) is 0 Å². The number of halogens is 2. The molecular formula is C6H9F2N. The molecule has 1 heterocycles. The van der Waals surface area contributed by atoms with Crippen LogP contribution in [0.2, 0.25) is 0 Å². The molecule has 52 valence electrons. The van der Waals surface area contributed by atoms with Crippen molar-refractivity contribution in [3.63, 3.8) is 0 Å². The number of nitrogens with one attached hydrogen (secondary N) is 1. The molecule has 0 unspecified atom stereocenters. The highest BCUT2D eigenvalue weighted by molar-refractivity contribution is 5.15. The zero-order chi connectivity index (χ0) is 6.54. The Hall–Kier alpha value is -0.180. The molecule has 0 atom stereocenters. The van der Waals surface area contributed by atoms with Crippen LogP contribution in [0.4, 0.5) is 8.78 Å². The molecule has 0 radical (unpaired) electrons. The summed E-state index contributed by atoms with van der Waals surface area (Å²) in [5.74, 6) is -2.41. The summed E-state index contributed by atoms with van der Waals surface area (Å²) in [4.78, 5) is 0. The average Bonchev–Trinajstić information content (AvgIpc) is 2.41. The van der Waals surface area contributed by atoms with Crippen LogP contribution in [0.15, 0.2) is 0 Å². The van der Waals surface area contributed by atoms with Crippen LogP contribution in [0.25, 0.3) is 0 Å². The third-order valence-electron chi connectivity index (χ3n) is 2.35. The van der Waals surface area contributed by atoms with Crippen LogP contribution in [0.1, 0.15) is 19.3 Å². The van der Waals surface area contributed by atoms with Gasteiger partial charge in [-0.15, -0.1) is 0 Å². The Balaban J connectivity index is 2.23. The van der Waals surface area contributed by atoms with Crippen molar-refractivity contribution in [1.29, 1.82) is 0 Å². The van der Waals surface area contributed by atoms with Crippen molar-refractivity contribution >= 4 is 0 Å².